The number of halogens is 3. The molecule has 4 nitrogen and oxygen atoms in total. The smallest absolute Gasteiger partial charge is 0.240 e. The van der Waals surface area contributed by atoms with Crippen molar-refractivity contribution in [3.8, 4) is 11.3 Å². The normalized spacial score (nSPS) is 11.0. The highest BCUT2D eigenvalue weighted by molar-refractivity contribution is 7.14. The molecule has 8 heteroatoms. The monoisotopic (exact) mass is 391 g/mol. The minimum atomic E-state index is -0.585. The topological polar surface area (TPSA) is 45.2 Å². The zero-order valence-electron chi connectivity index (χ0n) is 14.4. The van der Waals surface area contributed by atoms with Gasteiger partial charge in [0.05, 0.1) is 12.2 Å². The Labute approximate surface area is 158 Å². The number of carbonyl (C=O) groups is 1. The van der Waals surface area contributed by atoms with Crippen molar-refractivity contribution in [1.82, 2.24) is 9.88 Å². The highest BCUT2D eigenvalue weighted by Gasteiger charge is 2.13. The molecule has 1 N–H and O–H groups in total. The number of rotatable bonds is 6. The molecular weight excluding hydrogens is 375 g/mol. The van der Waals surface area contributed by atoms with Gasteiger partial charge >= 0.3 is 0 Å². The number of amides is 1. The summed E-state index contributed by atoms with van der Waals surface area (Å²) in [6, 6.07) is 9.18. The van der Waals surface area contributed by atoms with E-state index in [1.165, 1.54) is 12.1 Å². The van der Waals surface area contributed by atoms with Gasteiger partial charge in [0.1, 0.15) is 17.5 Å². The lowest BCUT2D eigenvalue weighted by Crippen LogP contribution is -2.29. The molecule has 0 spiro atoms. The second-order valence-corrected chi connectivity index (χ2v) is 6.87. The largest absolute Gasteiger partial charge is 0.301 e. The molecule has 0 saturated heterocycles. The van der Waals surface area contributed by atoms with E-state index in [1.54, 1.807) is 29.5 Å². The molecule has 1 aromatic heterocycles. The van der Waals surface area contributed by atoms with Crippen LogP contribution in [0.5, 0.6) is 0 Å². The summed E-state index contributed by atoms with van der Waals surface area (Å²) in [7, 11) is 1.76. The SMILES string of the molecule is CN(CC(=O)Nc1nc(-c2cc(F)ccc2F)cs1)Cc1ccc(F)cc1. The number of nitrogens with one attached hydrogen (secondary N) is 1. The maximum absolute atomic E-state index is 13.8. The van der Waals surface area contributed by atoms with Crippen LogP contribution in [-0.2, 0) is 11.3 Å². The van der Waals surface area contributed by atoms with Gasteiger partial charge in [-0.1, -0.05) is 12.1 Å². The summed E-state index contributed by atoms with van der Waals surface area (Å²) in [5.74, 6) is -1.75. The third-order valence-electron chi connectivity index (χ3n) is 3.73. The summed E-state index contributed by atoms with van der Waals surface area (Å²) in [5, 5.41) is 4.49. The second kappa shape index (κ2) is 8.32. The number of thiazole rings is 1. The van der Waals surface area contributed by atoms with E-state index in [2.05, 4.69) is 10.3 Å². The number of likely N-dealkylation sites (N-methyl/N-ethyl adjacent to an activating group) is 1. The van der Waals surface area contributed by atoms with Crippen molar-refractivity contribution < 1.29 is 18.0 Å². The van der Waals surface area contributed by atoms with E-state index in [0.29, 0.717) is 11.7 Å². The van der Waals surface area contributed by atoms with Gasteiger partial charge in [0, 0.05) is 17.5 Å². The van der Waals surface area contributed by atoms with Gasteiger partial charge in [-0.2, -0.15) is 0 Å². The van der Waals surface area contributed by atoms with Crippen LogP contribution in [0.2, 0.25) is 0 Å². The molecule has 0 unspecified atom stereocenters. The van der Waals surface area contributed by atoms with Crippen LogP contribution in [-0.4, -0.2) is 29.4 Å². The Morgan fingerprint density at radius 3 is 2.56 bits per heavy atom. The van der Waals surface area contributed by atoms with E-state index in [-0.39, 0.29) is 29.5 Å². The highest BCUT2D eigenvalue weighted by Crippen LogP contribution is 2.27. The van der Waals surface area contributed by atoms with Gasteiger partial charge < -0.3 is 5.32 Å². The van der Waals surface area contributed by atoms with Crippen molar-refractivity contribution in [2.75, 3.05) is 18.9 Å². The minimum absolute atomic E-state index is 0.0418. The van der Waals surface area contributed by atoms with Gasteiger partial charge in [0.25, 0.3) is 0 Å². The van der Waals surface area contributed by atoms with Gasteiger partial charge in [-0.15, -0.1) is 11.3 Å². The van der Waals surface area contributed by atoms with Crippen molar-refractivity contribution in [2.45, 2.75) is 6.54 Å². The predicted molar refractivity (Wildman–Crippen MR) is 98.8 cm³/mol. The molecule has 140 valence electrons. The standard InChI is InChI=1S/C19H16F3N3OS/c1-25(9-12-2-4-13(20)5-3-12)10-18(26)24-19-23-17(11-27-19)15-8-14(21)6-7-16(15)22/h2-8,11H,9-10H2,1H3,(H,23,24,26). The van der Waals surface area contributed by atoms with Gasteiger partial charge in [-0.05, 0) is 42.9 Å². The van der Waals surface area contributed by atoms with E-state index < -0.39 is 11.6 Å². The quantitative estimate of drug-likeness (QED) is 0.682. The van der Waals surface area contributed by atoms with Crippen molar-refractivity contribution in [3.05, 3.63) is 70.9 Å². The molecule has 0 aliphatic rings. The first-order valence-electron chi connectivity index (χ1n) is 8.04. The van der Waals surface area contributed by atoms with Crippen molar-refractivity contribution in [1.29, 1.82) is 0 Å². The molecular formula is C19H16F3N3OS. The van der Waals surface area contributed by atoms with Crippen molar-refractivity contribution >= 4 is 22.4 Å². The molecule has 0 aliphatic heterocycles. The fourth-order valence-corrected chi connectivity index (χ4v) is 3.24. The molecule has 3 aromatic rings. The molecule has 27 heavy (non-hydrogen) atoms. The lowest BCUT2D eigenvalue weighted by molar-refractivity contribution is -0.117. The lowest BCUT2D eigenvalue weighted by atomic mass is 10.1. The fraction of sp³-hybridized carbons (Fsp3) is 0.158. The van der Waals surface area contributed by atoms with Gasteiger partial charge in [0.2, 0.25) is 5.91 Å². The predicted octanol–water partition coefficient (Wildman–Crippen LogP) is 4.30. The Kier molecular flexibility index (Phi) is 5.88. The number of hydrogen-bond acceptors (Lipinski definition) is 4. The summed E-state index contributed by atoms with van der Waals surface area (Å²) in [4.78, 5) is 18.1. The van der Waals surface area contributed by atoms with Crippen LogP contribution in [0, 0.1) is 17.5 Å². The Bertz CT molecular complexity index is 944. The van der Waals surface area contributed by atoms with E-state index in [0.717, 1.165) is 35.1 Å². The second-order valence-electron chi connectivity index (χ2n) is 6.01. The number of nitrogens with zero attached hydrogens (tertiary/aromatic N) is 2. The van der Waals surface area contributed by atoms with Crippen LogP contribution in [0.1, 0.15) is 5.56 Å². The summed E-state index contributed by atoms with van der Waals surface area (Å²) in [6.07, 6.45) is 0. The summed E-state index contributed by atoms with van der Waals surface area (Å²) < 4.78 is 40.0. The number of anilines is 1. The van der Waals surface area contributed by atoms with E-state index in [4.69, 9.17) is 0 Å². The van der Waals surface area contributed by atoms with Crippen molar-refractivity contribution in [3.63, 3.8) is 0 Å². The van der Waals surface area contributed by atoms with Gasteiger partial charge in [-0.3, -0.25) is 9.69 Å². The number of carbonyl (C=O) groups excluding carboxylic acids is 1. The first kappa shape index (κ1) is 19.1. The fourth-order valence-electron chi connectivity index (χ4n) is 2.51. The average Bonchev–Trinajstić information content (AvgIpc) is 3.07. The number of benzene rings is 2. The first-order valence-corrected chi connectivity index (χ1v) is 8.92. The number of hydrogen-bond donors (Lipinski definition) is 1. The molecule has 0 fully saturated rings. The Morgan fingerprint density at radius 2 is 1.81 bits per heavy atom. The molecule has 0 radical (unpaired) electrons. The molecule has 1 amide bonds. The summed E-state index contributed by atoms with van der Waals surface area (Å²) >= 11 is 1.13. The number of aromatic nitrogens is 1. The highest BCUT2D eigenvalue weighted by atomic mass is 32.1. The molecule has 0 bridgehead atoms. The van der Waals surface area contributed by atoms with Crippen LogP contribution < -0.4 is 5.32 Å². The average molecular weight is 391 g/mol. The molecule has 3 rings (SSSR count). The van der Waals surface area contributed by atoms with E-state index in [1.807, 2.05) is 0 Å². The molecule has 0 saturated carbocycles. The zero-order chi connectivity index (χ0) is 19.4. The maximum atomic E-state index is 13.8. The van der Waals surface area contributed by atoms with Crippen molar-refractivity contribution in [2.24, 2.45) is 0 Å². The Hall–Kier alpha value is -2.71. The van der Waals surface area contributed by atoms with Crippen LogP contribution in [0.25, 0.3) is 11.3 Å². The zero-order valence-corrected chi connectivity index (χ0v) is 15.2. The van der Waals surface area contributed by atoms with E-state index >= 15 is 0 Å². The summed E-state index contributed by atoms with van der Waals surface area (Å²) in [5.41, 5.74) is 1.18. The van der Waals surface area contributed by atoms with Crippen LogP contribution in [0.4, 0.5) is 18.3 Å². The van der Waals surface area contributed by atoms with Gasteiger partial charge in [-0.25, -0.2) is 18.2 Å². The van der Waals surface area contributed by atoms with Crippen LogP contribution in [0.3, 0.4) is 0 Å². The third kappa shape index (κ3) is 5.15. The minimum Gasteiger partial charge on any atom is -0.301 e. The molecule has 0 atom stereocenters. The van der Waals surface area contributed by atoms with E-state index in [9.17, 15) is 18.0 Å². The lowest BCUT2D eigenvalue weighted by Gasteiger charge is -2.15. The third-order valence-corrected chi connectivity index (χ3v) is 4.49. The molecule has 0 aliphatic carbocycles. The van der Waals surface area contributed by atoms with Gasteiger partial charge in [0.15, 0.2) is 5.13 Å². The first-order chi connectivity index (χ1) is 12.9. The Morgan fingerprint density at radius 1 is 1.11 bits per heavy atom. The summed E-state index contributed by atoms with van der Waals surface area (Å²) in [6.45, 7) is 0.575. The Balaban J connectivity index is 1.59. The van der Waals surface area contributed by atoms with Crippen LogP contribution in [0.15, 0.2) is 47.8 Å². The maximum Gasteiger partial charge on any atom is 0.240 e. The molecule has 1 heterocycles. The molecule has 2 aromatic carbocycles. The van der Waals surface area contributed by atoms with Crippen LogP contribution >= 0.6 is 11.3 Å².